The zero-order valence-electron chi connectivity index (χ0n) is 10.1. The van der Waals surface area contributed by atoms with Crippen molar-refractivity contribution in [3.05, 3.63) is 0 Å². The summed E-state index contributed by atoms with van der Waals surface area (Å²) >= 11 is 0. The van der Waals surface area contributed by atoms with Crippen molar-refractivity contribution in [3.8, 4) is 0 Å². The van der Waals surface area contributed by atoms with Gasteiger partial charge < -0.3 is 9.64 Å². The van der Waals surface area contributed by atoms with Crippen molar-refractivity contribution < 1.29 is 19.1 Å². The van der Waals surface area contributed by atoms with Gasteiger partial charge in [-0.05, 0) is 7.05 Å². The van der Waals surface area contributed by atoms with Crippen LogP contribution in [0.15, 0.2) is 0 Å². The maximum Gasteiger partial charge on any atom is 0.330 e. The van der Waals surface area contributed by atoms with Crippen LogP contribution >= 0.6 is 0 Å². The second-order valence-electron chi connectivity index (χ2n) is 3.87. The molecule has 7 heteroatoms. The molecule has 1 rings (SSSR count). The van der Waals surface area contributed by atoms with Crippen LogP contribution in [0.4, 0.5) is 4.79 Å². The van der Waals surface area contributed by atoms with Crippen LogP contribution in [0, 0.1) is 0 Å². The number of hydrogen-bond donors (Lipinski definition) is 1. The average Bonchev–Trinajstić information content (AvgIpc) is 2.24. The number of hydrogen-bond acceptors (Lipinski definition) is 5. The Bertz CT molecular complexity index is 299. The predicted octanol–water partition coefficient (Wildman–Crippen LogP) is -0.967. The number of imide groups is 2. The van der Waals surface area contributed by atoms with Crippen LogP contribution in [0.25, 0.3) is 0 Å². The first-order valence-electron chi connectivity index (χ1n) is 5.36. The van der Waals surface area contributed by atoms with E-state index in [-0.39, 0.29) is 13.0 Å². The van der Waals surface area contributed by atoms with E-state index in [9.17, 15) is 14.4 Å². The highest BCUT2D eigenvalue weighted by molar-refractivity contribution is 6.14. The van der Waals surface area contributed by atoms with Crippen molar-refractivity contribution in [2.75, 3.05) is 40.4 Å². The lowest BCUT2D eigenvalue weighted by atomic mass is 10.3. The molecule has 0 aromatic carbocycles. The summed E-state index contributed by atoms with van der Waals surface area (Å²) in [6, 6.07) is -0.633. The Balaban J connectivity index is 2.37. The molecule has 0 aromatic rings. The van der Waals surface area contributed by atoms with E-state index in [0.29, 0.717) is 13.2 Å². The maximum atomic E-state index is 11.4. The second-order valence-corrected chi connectivity index (χ2v) is 3.87. The smallest absolute Gasteiger partial charge is 0.330 e. The van der Waals surface area contributed by atoms with Gasteiger partial charge in [0, 0.05) is 26.7 Å². The number of urea groups is 1. The van der Waals surface area contributed by atoms with Crippen LogP contribution in [0.3, 0.4) is 0 Å². The number of carbonyl (C=O) groups is 3. The van der Waals surface area contributed by atoms with Gasteiger partial charge in [-0.15, -0.1) is 0 Å². The molecular weight excluding hydrogens is 226 g/mol. The molecule has 1 N–H and O–H groups in total. The number of nitrogens with zero attached hydrogens (tertiary/aromatic N) is 2. The molecular formula is C10H17N3O4. The highest BCUT2D eigenvalue weighted by Gasteiger charge is 2.30. The first kappa shape index (κ1) is 13.6. The SMILES string of the molecule is COCCN(C)CCN1C(=O)CC(=O)NC1=O. The van der Waals surface area contributed by atoms with Crippen molar-refractivity contribution >= 4 is 17.8 Å². The van der Waals surface area contributed by atoms with Crippen molar-refractivity contribution in [2.45, 2.75) is 6.42 Å². The number of barbiturate groups is 1. The molecule has 1 aliphatic heterocycles. The van der Waals surface area contributed by atoms with Crippen LogP contribution < -0.4 is 5.32 Å². The first-order chi connectivity index (χ1) is 8.04. The van der Waals surface area contributed by atoms with E-state index in [1.807, 2.05) is 11.9 Å². The fraction of sp³-hybridized carbons (Fsp3) is 0.700. The standard InChI is InChI=1S/C10H17N3O4/c1-12(5-6-17-2)3-4-13-9(15)7-8(14)11-10(13)16/h3-7H2,1-2H3,(H,11,14,16). The van der Waals surface area contributed by atoms with Gasteiger partial charge in [-0.3, -0.25) is 19.8 Å². The van der Waals surface area contributed by atoms with Crippen molar-refractivity contribution in [3.63, 3.8) is 0 Å². The molecule has 0 aliphatic carbocycles. The van der Waals surface area contributed by atoms with Gasteiger partial charge in [-0.2, -0.15) is 0 Å². The predicted molar refractivity (Wildman–Crippen MR) is 59.2 cm³/mol. The summed E-state index contributed by atoms with van der Waals surface area (Å²) in [5.41, 5.74) is 0. The van der Waals surface area contributed by atoms with E-state index in [2.05, 4.69) is 5.32 Å². The van der Waals surface area contributed by atoms with Crippen LogP contribution in [0.1, 0.15) is 6.42 Å². The van der Waals surface area contributed by atoms with E-state index in [1.165, 1.54) is 0 Å². The van der Waals surface area contributed by atoms with Gasteiger partial charge in [-0.25, -0.2) is 4.79 Å². The number of carbonyl (C=O) groups excluding carboxylic acids is 3. The second kappa shape index (κ2) is 6.31. The van der Waals surface area contributed by atoms with Gasteiger partial charge in [0.15, 0.2) is 0 Å². The highest BCUT2D eigenvalue weighted by Crippen LogP contribution is 2.02. The molecule has 0 bridgehead atoms. The monoisotopic (exact) mass is 243 g/mol. The molecule has 96 valence electrons. The number of amides is 4. The number of likely N-dealkylation sites (N-methyl/N-ethyl adjacent to an activating group) is 1. The fourth-order valence-electron chi connectivity index (χ4n) is 1.43. The van der Waals surface area contributed by atoms with Gasteiger partial charge in [0.2, 0.25) is 11.8 Å². The minimum atomic E-state index is -0.633. The quantitative estimate of drug-likeness (QED) is 0.607. The van der Waals surface area contributed by atoms with Gasteiger partial charge in [0.05, 0.1) is 6.61 Å². The minimum Gasteiger partial charge on any atom is -0.383 e. The molecule has 17 heavy (non-hydrogen) atoms. The van der Waals surface area contributed by atoms with E-state index in [0.717, 1.165) is 11.4 Å². The Morgan fingerprint density at radius 1 is 1.35 bits per heavy atom. The Kier molecular flexibility index (Phi) is 5.05. The topological polar surface area (TPSA) is 79.0 Å². The summed E-state index contributed by atoms with van der Waals surface area (Å²) in [5.74, 6) is -0.983. The van der Waals surface area contributed by atoms with Gasteiger partial charge in [0.1, 0.15) is 6.42 Å². The van der Waals surface area contributed by atoms with E-state index in [1.54, 1.807) is 7.11 Å². The van der Waals surface area contributed by atoms with E-state index in [4.69, 9.17) is 4.74 Å². The molecule has 1 heterocycles. The number of ether oxygens (including phenoxy) is 1. The lowest BCUT2D eigenvalue weighted by Crippen LogP contribution is -2.54. The van der Waals surface area contributed by atoms with Crippen LogP contribution in [-0.2, 0) is 14.3 Å². The first-order valence-corrected chi connectivity index (χ1v) is 5.36. The zero-order chi connectivity index (χ0) is 12.8. The lowest BCUT2D eigenvalue weighted by molar-refractivity contribution is -0.136. The molecule has 4 amide bonds. The van der Waals surface area contributed by atoms with Crippen molar-refractivity contribution in [2.24, 2.45) is 0 Å². The summed E-state index contributed by atoms with van der Waals surface area (Å²) < 4.78 is 4.91. The van der Waals surface area contributed by atoms with Gasteiger partial charge in [0.25, 0.3) is 0 Å². The molecule has 0 unspecified atom stereocenters. The lowest BCUT2D eigenvalue weighted by Gasteiger charge is -2.26. The van der Waals surface area contributed by atoms with Crippen LogP contribution in [0.2, 0.25) is 0 Å². The highest BCUT2D eigenvalue weighted by atomic mass is 16.5. The molecule has 7 nitrogen and oxygen atoms in total. The minimum absolute atomic E-state index is 0.256. The van der Waals surface area contributed by atoms with Gasteiger partial charge >= 0.3 is 6.03 Å². The summed E-state index contributed by atoms with van der Waals surface area (Å²) in [5, 5.41) is 2.11. The molecule has 1 saturated heterocycles. The average molecular weight is 243 g/mol. The Hall–Kier alpha value is -1.47. The Morgan fingerprint density at radius 2 is 2.06 bits per heavy atom. The largest absolute Gasteiger partial charge is 0.383 e. The fourth-order valence-corrected chi connectivity index (χ4v) is 1.43. The molecule has 0 aromatic heterocycles. The van der Waals surface area contributed by atoms with Gasteiger partial charge in [-0.1, -0.05) is 0 Å². The summed E-state index contributed by atoms with van der Waals surface area (Å²) in [6.07, 6.45) is -0.256. The number of rotatable bonds is 6. The van der Waals surface area contributed by atoms with Crippen LogP contribution in [-0.4, -0.2) is 68.0 Å². The Morgan fingerprint density at radius 3 is 2.65 bits per heavy atom. The number of methoxy groups -OCH3 is 1. The molecule has 1 aliphatic rings. The normalized spacial score (nSPS) is 16.6. The number of nitrogens with one attached hydrogen (secondary N) is 1. The van der Waals surface area contributed by atoms with Crippen molar-refractivity contribution in [1.29, 1.82) is 0 Å². The third-order valence-electron chi connectivity index (χ3n) is 2.49. The summed E-state index contributed by atoms with van der Waals surface area (Å²) in [4.78, 5) is 36.7. The molecule has 0 radical (unpaired) electrons. The summed E-state index contributed by atoms with van der Waals surface area (Å²) in [6.45, 7) is 2.14. The van der Waals surface area contributed by atoms with Crippen LogP contribution in [0.5, 0.6) is 0 Å². The summed E-state index contributed by atoms with van der Waals surface area (Å²) in [7, 11) is 3.48. The third-order valence-corrected chi connectivity index (χ3v) is 2.49. The maximum absolute atomic E-state index is 11.4. The third kappa shape index (κ3) is 4.12. The molecule has 0 spiro atoms. The molecule has 1 fully saturated rings. The van der Waals surface area contributed by atoms with E-state index >= 15 is 0 Å². The van der Waals surface area contributed by atoms with E-state index < -0.39 is 17.8 Å². The zero-order valence-corrected chi connectivity index (χ0v) is 10.1. The Labute approximate surface area is 99.7 Å². The van der Waals surface area contributed by atoms with Crippen molar-refractivity contribution in [1.82, 2.24) is 15.1 Å². The molecule has 0 saturated carbocycles. The molecule has 0 atom stereocenters.